The van der Waals surface area contributed by atoms with Gasteiger partial charge in [0.15, 0.2) is 0 Å². The first-order chi connectivity index (χ1) is 21.3. The van der Waals surface area contributed by atoms with Crippen molar-refractivity contribution in [2.45, 2.75) is 0 Å². The van der Waals surface area contributed by atoms with Gasteiger partial charge in [-0.1, -0.05) is 140 Å². The minimum absolute atomic E-state index is 1.13. The van der Waals surface area contributed by atoms with Gasteiger partial charge in [-0.2, -0.15) is 0 Å². The molecule has 8 aromatic rings. The number of hydrogen-bond donors (Lipinski definition) is 0. The Labute approximate surface area is 251 Å². The lowest BCUT2D eigenvalue weighted by Gasteiger charge is -2.28. The Hall–Kier alpha value is -5.66. The molecule has 202 valence electrons. The molecule has 1 nitrogen and oxygen atoms in total. The summed E-state index contributed by atoms with van der Waals surface area (Å²) in [6.45, 7) is 0. The van der Waals surface area contributed by atoms with Gasteiger partial charge in [0.2, 0.25) is 0 Å². The first-order valence-corrected chi connectivity index (χ1v) is 14.8. The van der Waals surface area contributed by atoms with Gasteiger partial charge in [0.05, 0.1) is 11.4 Å². The van der Waals surface area contributed by atoms with Crippen molar-refractivity contribution in [3.8, 4) is 22.3 Å². The Morgan fingerprint density at radius 2 is 0.744 bits per heavy atom. The Balaban J connectivity index is 1.24. The van der Waals surface area contributed by atoms with Crippen LogP contribution in [0.2, 0.25) is 0 Å². The number of benzene rings is 8. The van der Waals surface area contributed by atoms with E-state index in [9.17, 15) is 0 Å². The summed E-state index contributed by atoms with van der Waals surface area (Å²) in [5, 5.41) is 7.41. The molecule has 0 aliphatic heterocycles. The Kier molecular flexibility index (Phi) is 6.20. The molecule has 1 heteroatoms. The van der Waals surface area contributed by atoms with Crippen LogP contribution < -0.4 is 4.90 Å². The van der Waals surface area contributed by atoms with Crippen LogP contribution in [0.5, 0.6) is 0 Å². The molecule has 0 aliphatic carbocycles. The zero-order valence-electron chi connectivity index (χ0n) is 23.7. The maximum Gasteiger partial charge on any atom is 0.0540 e. The molecule has 0 unspecified atom stereocenters. The zero-order chi connectivity index (χ0) is 28.6. The van der Waals surface area contributed by atoms with Crippen LogP contribution in [-0.4, -0.2) is 0 Å². The van der Waals surface area contributed by atoms with E-state index in [1.54, 1.807) is 0 Å². The molecule has 0 aromatic heterocycles. The highest BCUT2D eigenvalue weighted by Crippen LogP contribution is 2.42. The topological polar surface area (TPSA) is 3.24 Å². The van der Waals surface area contributed by atoms with Crippen LogP contribution in [0.4, 0.5) is 17.1 Å². The summed E-state index contributed by atoms with van der Waals surface area (Å²) in [5.41, 5.74) is 8.35. The number of fused-ring (bicyclic) bond motifs is 3. The maximum atomic E-state index is 2.40. The van der Waals surface area contributed by atoms with Crippen LogP contribution >= 0.6 is 0 Å². The molecule has 0 spiro atoms. The molecule has 0 fully saturated rings. The van der Waals surface area contributed by atoms with E-state index in [2.05, 4.69) is 181 Å². The number of hydrogen-bond acceptors (Lipinski definition) is 1. The quantitative estimate of drug-likeness (QED) is 0.207. The monoisotopic (exact) mass is 547 g/mol. The third kappa shape index (κ3) is 4.62. The van der Waals surface area contributed by atoms with Gasteiger partial charge in [-0.3, -0.25) is 0 Å². The maximum absolute atomic E-state index is 2.40. The van der Waals surface area contributed by atoms with E-state index in [-0.39, 0.29) is 0 Å². The van der Waals surface area contributed by atoms with E-state index < -0.39 is 0 Å². The molecule has 0 aliphatic rings. The first-order valence-electron chi connectivity index (χ1n) is 14.8. The predicted octanol–water partition coefficient (Wildman–Crippen LogP) is 11.9. The largest absolute Gasteiger partial charge is 0.309 e. The highest BCUT2D eigenvalue weighted by atomic mass is 15.1. The van der Waals surface area contributed by atoms with Crippen molar-refractivity contribution in [3.05, 3.63) is 176 Å². The van der Waals surface area contributed by atoms with Crippen molar-refractivity contribution in [1.29, 1.82) is 0 Å². The van der Waals surface area contributed by atoms with E-state index in [0.29, 0.717) is 0 Å². The van der Waals surface area contributed by atoms with Gasteiger partial charge < -0.3 is 4.90 Å². The van der Waals surface area contributed by atoms with Gasteiger partial charge in [0, 0.05) is 16.5 Å². The SMILES string of the molecule is c1ccc(-c2ccc3ccc(-c4ccc(N(c5cccc6ccccc56)c5cccc6ccccc56)cc4)cc3c2)cc1. The van der Waals surface area contributed by atoms with Crippen molar-refractivity contribution in [2.24, 2.45) is 0 Å². The molecule has 0 amide bonds. The average Bonchev–Trinajstić information content (AvgIpc) is 3.09. The highest BCUT2D eigenvalue weighted by molar-refractivity contribution is 6.04. The summed E-state index contributed by atoms with van der Waals surface area (Å²) in [4.78, 5) is 2.40. The van der Waals surface area contributed by atoms with Crippen molar-refractivity contribution in [2.75, 3.05) is 4.90 Å². The van der Waals surface area contributed by atoms with E-state index in [1.807, 2.05) is 0 Å². The zero-order valence-corrected chi connectivity index (χ0v) is 23.7. The smallest absolute Gasteiger partial charge is 0.0540 e. The third-order valence-corrected chi connectivity index (χ3v) is 8.42. The molecular weight excluding hydrogens is 518 g/mol. The fourth-order valence-electron chi connectivity index (χ4n) is 6.25. The number of rotatable bonds is 5. The van der Waals surface area contributed by atoms with Crippen LogP contribution in [0.15, 0.2) is 176 Å². The molecule has 8 aromatic carbocycles. The van der Waals surface area contributed by atoms with Crippen molar-refractivity contribution in [3.63, 3.8) is 0 Å². The molecule has 0 saturated carbocycles. The number of anilines is 3. The van der Waals surface area contributed by atoms with Gasteiger partial charge in [-0.15, -0.1) is 0 Å². The summed E-state index contributed by atoms with van der Waals surface area (Å²) in [5.74, 6) is 0. The molecular formula is C42H29N. The van der Waals surface area contributed by atoms with Crippen LogP contribution in [0.25, 0.3) is 54.6 Å². The van der Waals surface area contributed by atoms with E-state index in [1.165, 1.54) is 65.9 Å². The van der Waals surface area contributed by atoms with Gasteiger partial charge >= 0.3 is 0 Å². The standard InChI is InChI=1S/C42H29N/c1-2-10-30(11-3-1)35-22-20-32-21-23-36(29-37(32)28-35)31-24-26-38(27-25-31)43(41-18-8-14-33-12-4-6-16-39(33)41)42-19-9-15-34-13-5-7-17-40(34)42/h1-29H. The molecule has 43 heavy (non-hydrogen) atoms. The molecule has 0 atom stereocenters. The van der Waals surface area contributed by atoms with Gasteiger partial charge in [0.25, 0.3) is 0 Å². The van der Waals surface area contributed by atoms with Gasteiger partial charge in [-0.25, -0.2) is 0 Å². The van der Waals surface area contributed by atoms with Gasteiger partial charge in [-0.05, 0) is 80.2 Å². The normalized spacial score (nSPS) is 11.3. The molecule has 0 radical (unpaired) electrons. The molecule has 0 bridgehead atoms. The van der Waals surface area contributed by atoms with Crippen LogP contribution in [0, 0.1) is 0 Å². The molecule has 0 heterocycles. The number of nitrogens with zero attached hydrogens (tertiary/aromatic N) is 1. The van der Waals surface area contributed by atoms with Crippen molar-refractivity contribution >= 4 is 49.4 Å². The van der Waals surface area contributed by atoms with Gasteiger partial charge in [0.1, 0.15) is 0 Å². The summed E-state index contributed by atoms with van der Waals surface area (Å²) in [7, 11) is 0. The van der Waals surface area contributed by atoms with Crippen molar-refractivity contribution < 1.29 is 0 Å². The fourth-order valence-corrected chi connectivity index (χ4v) is 6.25. The van der Waals surface area contributed by atoms with Crippen LogP contribution in [-0.2, 0) is 0 Å². The second-order valence-electron chi connectivity index (χ2n) is 11.0. The second kappa shape index (κ2) is 10.6. The van der Waals surface area contributed by atoms with E-state index >= 15 is 0 Å². The lowest BCUT2D eigenvalue weighted by Crippen LogP contribution is -2.11. The van der Waals surface area contributed by atoms with Crippen LogP contribution in [0.3, 0.4) is 0 Å². The second-order valence-corrected chi connectivity index (χ2v) is 11.0. The summed E-state index contributed by atoms with van der Waals surface area (Å²) in [6, 6.07) is 63.5. The van der Waals surface area contributed by atoms with E-state index in [4.69, 9.17) is 0 Å². The molecule has 8 rings (SSSR count). The predicted molar refractivity (Wildman–Crippen MR) is 185 cm³/mol. The third-order valence-electron chi connectivity index (χ3n) is 8.42. The minimum Gasteiger partial charge on any atom is -0.309 e. The lowest BCUT2D eigenvalue weighted by atomic mass is 9.97. The highest BCUT2D eigenvalue weighted by Gasteiger charge is 2.17. The van der Waals surface area contributed by atoms with E-state index in [0.717, 1.165) is 5.69 Å². The summed E-state index contributed by atoms with van der Waals surface area (Å²) in [6.07, 6.45) is 0. The van der Waals surface area contributed by atoms with Crippen molar-refractivity contribution in [1.82, 2.24) is 0 Å². The Bertz CT molecular complexity index is 2140. The first kappa shape index (κ1) is 25.1. The fraction of sp³-hybridized carbons (Fsp3) is 0. The van der Waals surface area contributed by atoms with Crippen LogP contribution in [0.1, 0.15) is 0 Å². The summed E-state index contributed by atoms with van der Waals surface area (Å²) >= 11 is 0. The Morgan fingerprint density at radius 1 is 0.279 bits per heavy atom. The molecule has 0 saturated heterocycles. The molecule has 0 N–H and O–H groups in total. The average molecular weight is 548 g/mol. The lowest BCUT2D eigenvalue weighted by molar-refractivity contribution is 1.31. The minimum atomic E-state index is 1.13. The Morgan fingerprint density at radius 3 is 1.33 bits per heavy atom. The summed E-state index contributed by atoms with van der Waals surface area (Å²) < 4.78 is 0.